The Balaban J connectivity index is 0.000000182. The van der Waals surface area contributed by atoms with Crippen LogP contribution in [0.3, 0.4) is 0 Å². The zero-order valence-electron chi connectivity index (χ0n) is 128. The fraction of sp³-hybridized carbons (Fsp3) is 0.438. The summed E-state index contributed by atoms with van der Waals surface area (Å²) in [6.45, 7) is -30.2. The number of cyclic esters (lactones) is 6. The van der Waals surface area contributed by atoms with Crippen molar-refractivity contribution in [3.05, 3.63) is 213 Å². The second kappa shape index (κ2) is 43.7. The minimum Gasteiger partial charge on any atom is -0.447 e. The predicted octanol–water partition coefficient (Wildman–Crippen LogP) is 11.5. The summed E-state index contributed by atoms with van der Waals surface area (Å²) in [4.78, 5) is 83.0. The number of likely N-dealkylation sites (N-methyl/N-ethyl adjacent to an activating group) is 6. The van der Waals surface area contributed by atoms with E-state index in [1.54, 1.807) is 48.8 Å². The molecule has 0 bridgehead atoms. The standard InChI is InChI=1S/6C16H21N3O2/c6*1-19(2)6-5-12-9-17-15-4-3-11(8-14(12)15)7-13-10-21-16(20)18-13/h6*3-4,8-9,13,17H,5-7,10H2,1-2H3,(H,18,20)/t6*13-/m000000/s1/i1D3,2D3,3D,4D,5D2,6D2,8D,9D,13D;1D3,3D,4D,5D2,6D2,8D,9D,13D;3D,4D,5D2,6D2,8D,9D,13D;1D3,2D3,7D2,13D;1D3,7D2,13D;7D2,13D/hD6. The van der Waals surface area contributed by atoms with Crippen LogP contribution >= 0.6 is 0 Å². The van der Waals surface area contributed by atoms with Gasteiger partial charge in [0, 0.05) is 191 Å². The highest BCUT2D eigenvalue weighted by Gasteiger charge is 2.29. The number of hydrogen-bond acceptors (Lipinski definition) is 18. The number of hydrogen-bond donors (Lipinski definition) is 12. The molecule has 6 saturated heterocycles. The topological polar surface area (TPSA) is 344 Å². The van der Waals surface area contributed by atoms with E-state index in [2.05, 4.69) is 50.0 Å². The molecule has 126 heavy (non-hydrogen) atoms. The summed E-state index contributed by atoms with van der Waals surface area (Å²) in [5.74, 6) is 0. The molecule has 0 saturated carbocycles. The van der Waals surface area contributed by atoms with Crippen LogP contribution < -0.4 is 31.9 Å². The Labute approximate surface area is 821 Å². The second-order valence-corrected chi connectivity index (χ2v) is 28.5. The number of carbonyl (C=O) groups excluding carboxylic acids is 6. The van der Waals surface area contributed by atoms with Crippen LogP contribution in [-0.2, 0) is 105 Å². The lowest BCUT2D eigenvalue weighted by Gasteiger charge is -2.09. The molecule has 12 N–H and O–H groups in total. The van der Waals surface area contributed by atoms with E-state index in [9.17, 15) is 28.8 Å². The number of alkyl carbamates (subject to hydrolysis) is 6. The average molecular weight is 1780 g/mol. The van der Waals surface area contributed by atoms with Crippen molar-refractivity contribution in [3.63, 3.8) is 0 Å². The number of amides is 6. The lowest BCUT2D eigenvalue weighted by atomic mass is 10.0. The van der Waals surface area contributed by atoms with Crippen LogP contribution in [0.4, 0.5) is 28.8 Å². The van der Waals surface area contributed by atoms with Crippen molar-refractivity contribution in [2.24, 2.45) is 0 Å². The highest BCUT2D eigenvalue weighted by molar-refractivity contribution is 5.88. The van der Waals surface area contributed by atoms with Crippen molar-refractivity contribution in [1.29, 1.82) is 0 Å². The highest BCUT2D eigenvalue weighted by atomic mass is 16.6. The third-order valence-corrected chi connectivity index (χ3v) is 18.3. The zero-order chi connectivity index (χ0) is 141. The number of nitrogens with zero attached hydrogens (tertiary/aromatic N) is 6. The minimum absolute atomic E-state index is 0.0924. The van der Waals surface area contributed by atoms with Gasteiger partial charge >= 0.3 is 36.6 Å². The van der Waals surface area contributed by atoms with Gasteiger partial charge in [0.1, 0.15) is 39.6 Å². The summed E-state index contributed by atoms with van der Waals surface area (Å²) in [5, 5.41) is 7.79. The van der Waals surface area contributed by atoms with Crippen LogP contribution in [-0.4, -0.2) is 295 Å². The minimum atomic E-state index is -3.91. The van der Waals surface area contributed by atoms with Gasteiger partial charge in [-0.3, -0.25) is 0 Å². The van der Waals surface area contributed by atoms with Crippen LogP contribution in [0.15, 0.2) is 146 Å². The van der Waals surface area contributed by atoms with Gasteiger partial charge in [0.2, 0.25) is 0 Å². The second-order valence-electron chi connectivity index (χ2n) is 28.5. The number of rotatable bonds is 30. The van der Waals surface area contributed by atoms with Gasteiger partial charge in [-0.05, 0) is 300 Å². The summed E-state index contributed by atoms with van der Waals surface area (Å²) < 4.78 is 511. The van der Waals surface area contributed by atoms with Crippen LogP contribution in [0.2, 0.25) is 8.47 Å². The first kappa shape index (κ1) is 42.0. The quantitative estimate of drug-likeness (QED) is 0.0186. The fourth-order valence-corrected chi connectivity index (χ4v) is 12.4. The molecule has 6 atom stereocenters. The Bertz CT molecular complexity index is 8730. The van der Waals surface area contributed by atoms with E-state index < -0.39 is 351 Å². The molecule has 6 aromatic heterocycles. The number of benzene rings is 6. The van der Waals surface area contributed by atoms with Crippen molar-refractivity contribution >= 4 is 102 Å². The monoisotopic (exact) mass is 1780 g/mol. The molecule has 0 aliphatic carbocycles. The van der Waals surface area contributed by atoms with Gasteiger partial charge in [0.05, 0.1) is 60.8 Å². The third-order valence-electron chi connectivity index (χ3n) is 18.3. The average Bonchev–Trinajstić information content (AvgIpc) is 1.54. The predicted molar refractivity (Wildman–Crippen MR) is 495 cm³/mol. The summed E-state index contributed by atoms with van der Waals surface area (Å²) in [7, 11) is 8.92. The Hall–Kier alpha value is -12.1. The smallest absolute Gasteiger partial charge is 0.407 e. The van der Waals surface area contributed by atoms with Crippen LogP contribution in [0, 0.1) is 0 Å². The van der Waals surface area contributed by atoms with Gasteiger partial charge in [0.25, 0.3) is 0 Å². The Kier molecular flexibility index (Phi) is 14.6. The van der Waals surface area contributed by atoms with Crippen molar-refractivity contribution < 1.29 is 140 Å². The number of H-pyrrole nitrogens is 6. The van der Waals surface area contributed by atoms with Gasteiger partial charge in [-0.15, -0.1) is 0 Å². The maximum Gasteiger partial charge on any atom is 0.407 e. The number of nitrogens with one attached hydrogen (secondary N) is 12. The molecule has 6 fully saturated rings. The Morgan fingerprint density at radius 3 is 0.960 bits per heavy atom. The highest BCUT2D eigenvalue weighted by Crippen LogP contribution is 2.29. The van der Waals surface area contributed by atoms with E-state index in [-0.39, 0.29) is 79.2 Å². The first-order valence-electron chi connectivity index (χ1n) is 67.9. The molecule has 0 spiro atoms. The van der Waals surface area contributed by atoms with Crippen LogP contribution in [0.25, 0.3) is 65.4 Å². The largest absolute Gasteiger partial charge is 0.447 e. The molecule has 12 heterocycles. The molecule has 18 rings (SSSR count). The van der Waals surface area contributed by atoms with E-state index in [4.69, 9.17) is 96.7 Å². The van der Waals surface area contributed by atoms with Crippen molar-refractivity contribution in [1.82, 2.24) is 91.2 Å². The summed E-state index contributed by atoms with van der Waals surface area (Å²) in [5.41, 5.74) is 0.130. The van der Waals surface area contributed by atoms with Gasteiger partial charge in [0.15, 0.2) is 8.47 Å². The molecule has 0 radical (unpaired) electrons. The number of fused-ring (bicyclic) bond motifs is 6. The third kappa shape index (κ3) is 26.5. The van der Waals surface area contributed by atoms with E-state index in [0.29, 0.717) is 44.9 Å². The van der Waals surface area contributed by atoms with Gasteiger partial charge < -0.3 is 120 Å². The number of aromatic nitrogens is 6. The van der Waals surface area contributed by atoms with Crippen molar-refractivity contribution in [3.8, 4) is 0 Å². The fourth-order valence-electron chi connectivity index (χ4n) is 12.4. The van der Waals surface area contributed by atoms with Gasteiger partial charge in [-0.25, -0.2) is 28.8 Å². The molecule has 6 aromatic carbocycles. The van der Waals surface area contributed by atoms with Crippen molar-refractivity contribution in [2.45, 2.75) is 113 Å². The Morgan fingerprint density at radius 2 is 0.659 bits per heavy atom. The molecule has 12 aromatic rings. The Morgan fingerprint density at radius 1 is 0.349 bits per heavy atom. The molecule has 6 amide bonds. The maximum absolute atomic E-state index is 11.6. The lowest BCUT2D eigenvalue weighted by molar-refractivity contribution is 0.176. The van der Waals surface area contributed by atoms with E-state index >= 15 is 0 Å². The normalized spacial score (nSPS) is 30.5. The molecular weight excluding hydrogens is 1600 g/mol. The molecule has 0 unspecified atom stereocenters. The molecule has 672 valence electrons. The molecule has 30 heteroatoms. The van der Waals surface area contributed by atoms with Gasteiger partial charge in [-0.2, -0.15) is 0 Å². The summed E-state index contributed by atoms with van der Waals surface area (Å²) in [6.07, 6.45) is -20.5. The summed E-state index contributed by atoms with van der Waals surface area (Å²) in [6, 6.07) is -3.63. The van der Waals surface area contributed by atoms with Crippen LogP contribution in [0.5, 0.6) is 0 Å². The molecule has 6 aliphatic rings. The zero-order valence-corrected chi connectivity index (χ0v) is 68.3. The molecule has 30 nitrogen and oxygen atoms in total. The number of ether oxygens (including phenoxy) is 6. The summed E-state index contributed by atoms with van der Waals surface area (Å²) >= 11 is 0. The first-order valence-corrected chi connectivity index (χ1v) is 38.3. The molecular formula is C96H126N18O12. The van der Waals surface area contributed by atoms with Crippen LogP contribution in [0.1, 0.15) is 141 Å². The SMILES string of the molecule is [2H]C([2H])([2H])N(C)CCc1c[nH]c2ccc(C([2H])([2H])[C@@]3([2H])COC(=O)N3)cc12.[2H]C([2H])([2H])N(CCc1c[nH]c2ccc(C([2H])([2H])[C@@]3([2H])COC(=O)N3)cc12)C([2H])([2H])[2H].[2H]C([2H])(c1ccc2[nH]cc(CCN(C)C)c2c1)[C@@]1([2H])COC(=O)N1.[2H]c1c(C[C@@]2([2H])COC(=O)N2[2H])c([2H])c2c(C([2H])([2H])C([2H])([2H])N(C([2H])([2H])[2H])C([2H])([2H])[2H])c([2H])n([2H])c2c1[2H].[2H]c1c(C[C@@]2([2H])COC(=O)N2[2H])c([2H])c2c(C([2H])([2H])C([2H])([2H])N(C)C([2H])([2H])[2H])c([2H])n([2H])c2c1[2H].[2H]c1c(C[C@@]2([2H])COC(=O)N2[2H])c([2H])c2c(C([2H])([2H])C([2H])([2H])N(C)C)c([2H])n([2H])c2c1[2H]. The lowest BCUT2D eigenvalue weighted by Crippen LogP contribution is -2.28. The first-order chi connectivity index (χ1) is 84.5. The number of aromatic amines is 6. The van der Waals surface area contributed by atoms with Crippen molar-refractivity contribution in [2.75, 3.05) is 163 Å². The molecule has 6 aliphatic heterocycles. The maximum atomic E-state index is 11.6. The van der Waals surface area contributed by atoms with E-state index in [0.717, 1.165) is 57.8 Å². The van der Waals surface area contributed by atoms with Gasteiger partial charge in [-0.1, -0.05) is 36.3 Å². The number of carbonyl (C=O) groups is 6. The van der Waals surface area contributed by atoms with E-state index in [1.807, 2.05) is 26.4 Å². The number of aryl methyl sites for hydroxylation is 3. The van der Waals surface area contributed by atoms with E-state index in [1.165, 1.54) is 38.2 Å².